The number of piperidine rings is 1. The largest absolute Gasteiger partial charge is 0.491 e. The van der Waals surface area contributed by atoms with Crippen LogP contribution in [0.5, 0.6) is 11.5 Å². The van der Waals surface area contributed by atoms with Gasteiger partial charge in [0.05, 0.1) is 24.8 Å². The van der Waals surface area contributed by atoms with Crippen LogP contribution in [-0.4, -0.2) is 47.6 Å². The molecule has 1 aromatic heterocycles. The summed E-state index contributed by atoms with van der Waals surface area (Å²) < 4.78 is 25.4. The van der Waals surface area contributed by atoms with Gasteiger partial charge in [-0.25, -0.2) is 0 Å². The number of ether oxygens (including phenoxy) is 2. The van der Waals surface area contributed by atoms with E-state index >= 15 is 0 Å². The van der Waals surface area contributed by atoms with Crippen molar-refractivity contribution in [1.82, 2.24) is 15.2 Å². The lowest BCUT2D eigenvalue weighted by molar-refractivity contribution is 0.0865. The maximum absolute atomic E-state index is 14.5. The number of halogens is 1. The third-order valence-electron chi connectivity index (χ3n) is 5.49. The van der Waals surface area contributed by atoms with Gasteiger partial charge >= 0.3 is 0 Å². The molecule has 2 aromatic rings. The molecule has 0 aliphatic carbocycles. The number of hydrogen-bond donors (Lipinski definition) is 1. The van der Waals surface area contributed by atoms with E-state index in [0.717, 1.165) is 11.1 Å². The van der Waals surface area contributed by atoms with Gasteiger partial charge in [0.25, 0.3) is 5.91 Å². The summed E-state index contributed by atoms with van der Waals surface area (Å²) in [5, 5.41) is 12.7. The molecule has 1 saturated heterocycles. The van der Waals surface area contributed by atoms with Crippen LogP contribution in [0.15, 0.2) is 30.6 Å². The monoisotopic (exact) mass is 440 g/mol. The van der Waals surface area contributed by atoms with Gasteiger partial charge in [-0.15, -0.1) is 0 Å². The maximum atomic E-state index is 14.5. The Balaban J connectivity index is 1.67. The fraction of sp³-hybridized carbons (Fsp3) is 0.458. The zero-order valence-electron chi connectivity index (χ0n) is 18.8. The summed E-state index contributed by atoms with van der Waals surface area (Å²) in [5.41, 5.74) is 1.28. The van der Waals surface area contributed by atoms with Crippen molar-refractivity contribution >= 4 is 5.91 Å². The van der Waals surface area contributed by atoms with Crippen molar-refractivity contribution in [3.8, 4) is 17.6 Å². The minimum atomic E-state index is -0.924. The van der Waals surface area contributed by atoms with Crippen LogP contribution in [0.2, 0.25) is 0 Å². The fourth-order valence-electron chi connectivity index (χ4n) is 3.82. The first-order valence-corrected chi connectivity index (χ1v) is 10.9. The number of nitrogens with one attached hydrogen (secondary N) is 1. The van der Waals surface area contributed by atoms with Gasteiger partial charge in [0, 0.05) is 32.0 Å². The predicted octanol–water partition coefficient (Wildman–Crippen LogP) is 3.61. The zero-order valence-corrected chi connectivity index (χ0v) is 18.8. The van der Waals surface area contributed by atoms with Crippen molar-refractivity contribution in [1.29, 1.82) is 5.26 Å². The Morgan fingerprint density at radius 1 is 1.19 bits per heavy atom. The molecule has 1 aromatic carbocycles. The van der Waals surface area contributed by atoms with Crippen LogP contribution >= 0.6 is 0 Å². The van der Waals surface area contributed by atoms with E-state index in [0.29, 0.717) is 51.3 Å². The number of nitrogens with zero attached hydrogens (tertiary/aromatic N) is 3. The lowest BCUT2D eigenvalue weighted by atomic mass is 9.88. The number of aryl methyl sites for hydroxylation is 1. The number of benzene rings is 1. The Morgan fingerprint density at radius 3 is 2.34 bits per heavy atom. The van der Waals surface area contributed by atoms with Crippen molar-refractivity contribution in [3.63, 3.8) is 0 Å². The summed E-state index contributed by atoms with van der Waals surface area (Å²) >= 11 is 0. The van der Waals surface area contributed by atoms with E-state index < -0.39 is 11.4 Å². The molecular formula is C24H29FN4O3. The van der Waals surface area contributed by atoms with Crippen LogP contribution in [0, 0.1) is 24.1 Å². The van der Waals surface area contributed by atoms with E-state index in [1.54, 1.807) is 38.2 Å². The summed E-state index contributed by atoms with van der Waals surface area (Å²) in [6.45, 7) is 7.99. The summed E-state index contributed by atoms with van der Waals surface area (Å²) in [4.78, 5) is 18.9. The molecule has 1 aliphatic rings. The van der Waals surface area contributed by atoms with Gasteiger partial charge in [0.2, 0.25) is 5.82 Å². The van der Waals surface area contributed by atoms with Gasteiger partial charge in [-0.1, -0.05) is 0 Å². The Morgan fingerprint density at radius 2 is 1.81 bits per heavy atom. The second-order valence-corrected chi connectivity index (χ2v) is 7.95. The summed E-state index contributed by atoms with van der Waals surface area (Å²) in [6, 6.07) is 7.45. The highest BCUT2D eigenvalue weighted by atomic mass is 19.1. The van der Waals surface area contributed by atoms with E-state index in [-0.39, 0.29) is 17.4 Å². The summed E-state index contributed by atoms with van der Waals surface area (Å²) in [6.07, 6.45) is 4.17. The number of carbonyl (C=O) groups is 1. The van der Waals surface area contributed by atoms with Crippen molar-refractivity contribution < 1.29 is 18.7 Å². The van der Waals surface area contributed by atoms with Crippen molar-refractivity contribution in [3.05, 3.63) is 53.1 Å². The van der Waals surface area contributed by atoms with Crippen LogP contribution in [-0.2, 0) is 6.54 Å². The van der Waals surface area contributed by atoms with Gasteiger partial charge in [0.15, 0.2) is 11.5 Å². The molecule has 1 amide bonds. The number of rotatable bonds is 8. The summed E-state index contributed by atoms with van der Waals surface area (Å²) in [7, 11) is 0. The Hall–Kier alpha value is -3.18. The molecule has 7 nitrogen and oxygen atoms in total. The van der Waals surface area contributed by atoms with E-state index in [9.17, 15) is 14.4 Å². The average molecular weight is 441 g/mol. The van der Waals surface area contributed by atoms with Crippen LogP contribution in [0.3, 0.4) is 0 Å². The van der Waals surface area contributed by atoms with Crippen LogP contribution < -0.4 is 14.8 Å². The molecule has 0 atom stereocenters. The number of carbonyl (C=O) groups excluding carboxylic acids is 1. The minimum Gasteiger partial charge on any atom is -0.491 e. The average Bonchev–Trinajstić information content (AvgIpc) is 2.78. The van der Waals surface area contributed by atoms with E-state index in [1.807, 2.05) is 6.92 Å². The fourth-order valence-corrected chi connectivity index (χ4v) is 3.82. The number of amides is 1. The highest BCUT2D eigenvalue weighted by Crippen LogP contribution is 2.31. The second-order valence-electron chi connectivity index (χ2n) is 7.95. The first-order valence-electron chi connectivity index (χ1n) is 10.9. The Labute approximate surface area is 188 Å². The number of hydrogen-bond acceptors (Lipinski definition) is 6. The number of pyridine rings is 1. The lowest BCUT2D eigenvalue weighted by Crippen LogP contribution is -2.54. The molecule has 0 saturated carbocycles. The molecule has 1 aliphatic heterocycles. The van der Waals surface area contributed by atoms with Crippen molar-refractivity contribution in [2.75, 3.05) is 26.3 Å². The number of nitriles is 1. The standard InChI is InChI=1S/C24H29FN4O3/c1-4-31-20-11-18(12-21(22(20)25)32-5-2)15-29-8-6-24(16-26,7-9-29)28-23(30)19-10-17(3)13-27-14-19/h10-14H,4-9,15H2,1-3H3,(H,28,30). The van der Waals surface area contributed by atoms with Crippen LogP contribution in [0.1, 0.15) is 48.2 Å². The first-order chi connectivity index (χ1) is 15.4. The molecule has 2 heterocycles. The van der Waals surface area contributed by atoms with E-state index in [1.165, 1.54) is 6.20 Å². The molecule has 1 fully saturated rings. The van der Waals surface area contributed by atoms with Gasteiger partial charge in [-0.05, 0) is 62.9 Å². The molecule has 0 spiro atoms. The van der Waals surface area contributed by atoms with Gasteiger partial charge in [0.1, 0.15) is 5.54 Å². The molecule has 8 heteroatoms. The topological polar surface area (TPSA) is 87.5 Å². The molecule has 1 N–H and O–H groups in total. The van der Waals surface area contributed by atoms with Crippen LogP contribution in [0.4, 0.5) is 4.39 Å². The summed E-state index contributed by atoms with van der Waals surface area (Å²) in [5.74, 6) is -0.433. The van der Waals surface area contributed by atoms with Crippen LogP contribution in [0.25, 0.3) is 0 Å². The van der Waals surface area contributed by atoms with E-state index in [4.69, 9.17) is 9.47 Å². The zero-order chi connectivity index (χ0) is 23.1. The number of aromatic nitrogens is 1. The molecule has 0 radical (unpaired) electrons. The van der Waals surface area contributed by atoms with Crippen molar-refractivity contribution in [2.24, 2.45) is 0 Å². The molecule has 0 bridgehead atoms. The first kappa shape index (κ1) is 23.5. The Bertz CT molecular complexity index is 970. The van der Waals surface area contributed by atoms with E-state index in [2.05, 4.69) is 21.3 Å². The predicted molar refractivity (Wildman–Crippen MR) is 118 cm³/mol. The highest BCUT2D eigenvalue weighted by molar-refractivity contribution is 5.94. The number of likely N-dealkylation sites (tertiary alicyclic amines) is 1. The third kappa shape index (κ3) is 5.54. The van der Waals surface area contributed by atoms with Crippen molar-refractivity contribution in [2.45, 2.75) is 45.7 Å². The van der Waals surface area contributed by atoms with Gasteiger partial charge < -0.3 is 14.8 Å². The highest BCUT2D eigenvalue weighted by Gasteiger charge is 2.36. The normalized spacial score (nSPS) is 15.6. The molecule has 0 unspecified atom stereocenters. The lowest BCUT2D eigenvalue weighted by Gasteiger charge is -2.37. The third-order valence-corrected chi connectivity index (χ3v) is 5.49. The van der Waals surface area contributed by atoms with Gasteiger partial charge in [-0.2, -0.15) is 9.65 Å². The quantitative estimate of drug-likeness (QED) is 0.675. The second kappa shape index (κ2) is 10.4. The molecule has 3 rings (SSSR count). The maximum Gasteiger partial charge on any atom is 0.254 e. The SMILES string of the molecule is CCOc1cc(CN2CCC(C#N)(NC(=O)c3cncc(C)c3)CC2)cc(OCC)c1F. The molecule has 32 heavy (non-hydrogen) atoms. The molecular weight excluding hydrogens is 411 g/mol. The smallest absolute Gasteiger partial charge is 0.254 e. The minimum absolute atomic E-state index is 0.177. The van der Waals surface area contributed by atoms with Gasteiger partial charge in [-0.3, -0.25) is 14.7 Å². The Kier molecular flexibility index (Phi) is 7.65. The molecule has 170 valence electrons.